The van der Waals surface area contributed by atoms with Gasteiger partial charge in [-0.3, -0.25) is 0 Å². The number of nitrogens with zero attached hydrogens (tertiary/aromatic N) is 2. The monoisotopic (exact) mass is 261 g/mol. The molecule has 2 aromatic rings. The van der Waals surface area contributed by atoms with Crippen LogP contribution in [0.1, 0.15) is 32.1 Å². The van der Waals surface area contributed by atoms with Crippen LogP contribution >= 0.6 is 0 Å². The zero-order valence-corrected chi connectivity index (χ0v) is 10.8. The van der Waals surface area contributed by atoms with Gasteiger partial charge in [0.2, 0.25) is 11.7 Å². The van der Waals surface area contributed by atoms with E-state index in [1.807, 2.05) is 6.92 Å². The third-order valence-electron chi connectivity index (χ3n) is 4.06. The Balaban J connectivity index is 1.98. The molecule has 0 spiro atoms. The molecule has 2 N–H and O–H groups in total. The molecule has 0 amide bonds. The molecular weight excluding hydrogens is 245 g/mol. The molecule has 1 aliphatic carbocycles. The lowest BCUT2D eigenvalue weighted by molar-refractivity contribution is 0.278. The molecule has 1 heterocycles. The van der Waals surface area contributed by atoms with E-state index in [1.165, 1.54) is 6.07 Å². The Labute approximate surface area is 110 Å². The minimum atomic E-state index is -0.351. The summed E-state index contributed by atoms with van der Waals surface area (Å²) in [6.07, 6.45) is 2.93. The second-order valence-electron chi connectivity index (χ2n) is 5.32. The average molecular weight is 261 g/mol. The third kappa shape index (κ3) is 1.94. The number of hydrogen-bond acceptors (Lipinski definition) is 4. The Morgan fingerprint density at radius 1 is 1.42 bits per heavy atom. The van der Waals surface area contributed by atoms with Gasteiger partial charge in [-0.05, 0) is 31.9 Å². The van der Waals surface area contributed by atoms with Crippen LogP contribution < -0.4 is 5.73 Å². The first kappa shape index (κ1) is 12.3. The fourth-order valence-corrected chi connectivity index (χ4v) is 2.67. The molecular formula is C14H16FN3O. The average Bonchev–Trinajstić information content (AvgIpc) is 2.99. The largest absolute Gasteiger partial charge is 0.338 e. The summed E-state index contributed by atoms with van der Waals surface area (Å²) in [7, 11) is 0. The molecule has 1 fully saturated rings. The predicted octanol–water partition coefficient (Wildman–Crippen LogP) is 2.64. The fourth-order valence-electron chi connectivity index (χ4n) is 2.67. The summed E-state index contributed by atoms with van der Waals surface area (Å²) in [6, 6.07) is 6.42. The number of nitrogens with two attached hydrogens (primary N) is 1. The maximum Gasteiger partial charge on any atom is 0.234 e. The van der Waals surface area contributed by atoms with Crippen molar-refractivity contribution in [3.63, 3.8) is 0 Å². The Hall–Kier alpha value is -1.75. The molecule has 0 bridgehead atoms. The Morgan fingerprint density at radius 2 is 2.21 bits per heavy atom. The lowest BCUT2D eigenvalue weighted by Gasteiger charge is -2.23. The lowest BCUT2D eigenvalue weighted by atomic mass is 9.85. The minimum Gasteiger partial charge on any atom is -0.338 e. The van der Waals surface area contributed by atoms with Crippen LogP contribution in [0.15, 0.2) is 28.8 Å². The molecule has 0 aliphatic heterocycles. The maximum absolute atomic E-state index is 13.7. The smallest absolute Gasteiger partial charge is 0.234 e. The summed E-state index contributed by atoms with van der Waals surface area (Å²) >= 11 is 0. The van der Waals surface area contributed by atoms with Gasteiger partial charge in [0.1, 0.15) is 5.82 Å². The highest BCUT2D eigenvalue weighted by atomic mass is 19.1. The van der Waals surface area contributed by atoms with Crippen molar-refractivity contribution in [1.29, 1.82) is 0 Å². The molecule has 1 aromatic heterocycles. The molecule has 19 heavy (non-hydrogen) atoms. The first-order chi connectivity index (χ1) is 9.11. The van der Waals surface area contributed by atoms with Gasteiger partial charge >= 0.3 is 0 Å². The zero-order chi connectivity index (χ0) is 13.5. The minimum absolute atomic E-state index is 0.0152. The standard InChI is InChI=1S/C14H16FN3O/c1-14(8-4-7-11(14)16)13-17-12(18-19-13)9-5-2-3-6-10(9)15/h2-3,5-6,11H,4,7-8,16H2,1H3. The molecule has 2 atom stereocenters. The first-order valence-electron chi connectivity index (χ1n) is 6.46. The molecule has 100 valence electrons. The molecule has 3 rings (SSSR count). The van der Waals surface area contributed by atoms with Crippen molar-refractivity contribution in [3.8, 4) is 11.4 Å². The van der Waals surface area contributed by atoms with Crippen LogP contribution in [-0.4, -0.2) is 16.2 Å². The summed E-state index contributed by atoms with van der Waals surface area (Å²) in [6.45, 7) is 2.03. The number of aromatic nitrogens is 2. The van der Waals surface area contributed by atoms with Gasteiger partial charge in [0.15, 0.2) is 0 Å². The van der Waals surface area contributed by atoms with Crippen molar-refractivity contribution in [3.05, 3.63) is 36.0 Å². The van der Waals surface area contributed by atoms with E-state index in [1.54, 1.807) is 18.2 Å². The zero-order valence-electron chi connectivity index (χ0n) is 10.8. The van der Waals surface area contributed by atoms with E-state index in [0.717, 1.165) is 19.3 Å². The van der Waals surface area contributed by atoms with Crippen LogP contribution in [0.5, 0.6) is 0 Å². The van der Waals surface area contributed by atoms with Crippen molar-refractivity contribution >= 4 is 0 Å². The van der Waals surface area contributed by atoms with Gasteiger partial charge in [0.25, 0.3) is 0 Å². The van der Waals surface area contributed by atoms with E-state index < -0.39 is 0 Å². The van der Waals surface area contributed by atoms with Crippen molar-refractivity contribution in [2.75, 3.05) is 0 Å². The summed E-state index contributed by atoms with van der Waals surface area (Å²) in [4.78, 5) is 4.35. The van der Waals surface area contributed by atoms with E-state index in [2.05, 4.69) is 10.1 Å². The highest BCUT2D eigenvalue weighted by molar-refractivity contribution is 5.55. The van der Waals surface area contributed by atoms with Gasteiger partial charge in [-0.2, -0.15) is 4.98 Å². The Morgan fingerprint density at radius 3 is 2.89 bits per heavy atom. The molecule has 1 saturated carbocycles. The molecule has 5 heteroatoms. The van der Waals surface area contributed by atoms with Crippen molar-refractivity contribution in [2.24, 2.45) is 5.73 Å². The van der Waals surface area contributed by atoms with Crippen LogP contribution in [0, 0.1) is 5.82 Å². The van der Waals surface area contributed by atoms with Crippen LogP contribution in [0.3, 0.4) is 0 Å². The fraction of sp³-hybridized carbons (Fsp3) is 0.429. The van der Waals surface area contributed by atoms with Gasteiger partial charge in [0, 0.05) is 6.04 Å². The predicted molar refractivity (Wildman–Crippen MR) is 68.9 cm³/mol. The summed E-state index contributed by atoms with van der Waals surface area (Å²) in [5.41, 5.74) is 6.18. The topological polar surface area (TPSA) is 64.9 Å². The number of benzene rings is 1. The van der Waals surface area contributed by atoms with E-state index in [-0.39, 0.29) is 23.1 Å². The van der Waals surface area contributed by atoms with Gasteiger partial charge in [-0.15, -0.1) is 0 Å². The Bertz CT molecular complexity index is 598. The van der Waals surface area contributed by atoms with E-state index in [0.29, 0.717) is 11.5 Å². The third-order valence-corrected chi connectivity index (χ3v) is 4.06. The van der Waals surface area contributed by atoms with Gasteiger partial charge in [-0.25, -0.2) is 4.39 Å². The highest BCUT2D eigenvalue weighted by Gasteiger charge is 2.42. The second-order valence-corrected chi connectivity index (χ2v) is 5.32. The van der Waals surface area contributed by atoms with Crippen molar-refractivity contribution in [2.45, 2.75) is 37.6 Å². The molecule has 4 nitrogen and oxygen atoms in total. The molecule has 0 saturated heterocycles. The number of rotatable bonds is 2. The normalized spacial score (nSPS) is 26.8. The Kier molecular flexibility index (Phi) is 2.86. The second kappa shape index (κ2) is 4.42. The molecule has 1 aromatic carbocycles. The van der Waals surface area contributed by atoms with E-state index in [9.17, 15) is 4.39 Å². The van der Waals surface area contributed by atoms with Crippen molar-refractivity contribution in [1.82, 2.24) is 10.1 Å². The quantitative estimate of drug-likeness (QED) is 0.902. The van der Waals surface area contributed by atoms with Gasteiger partial charge in [0.05, 0.1) is 11.0 Å². The van der Waals surface area contributed by atoms with Crippen molar-refractivity contribution < 1.29 is 8.91 Å². The van der Waals surface area contributed by atoms with Gasteiger partial charge < -0.3 is 10.3 Å². The van der Waals surface area contributed by atoms with E-state index in [4.69, 9.17) is 10.3 Å². The number of halogens is 1. The summed E-state index contributed by atoms with van der Waals surface area (Å²) in [5, 5.41) is 3.89. The summed E-state index contributed by atoms with van der Waals surface area (Å²) < 4.78 is 19.0. The van der Waals surface area contributed by atoms with Crippen LogP contribution in [0.2, 0.25) is 0 Å². The highest BCUT2D eigenvalue weighted by Crippen LogP contribution is 2.39. The van der Waals surface area contributed by atoms with Gasteiger partial charge in [-0.1, -0.05) is 23.7 Å². The SMILES string of the molecule is CC1(c2nc(-c3ccccc3F)no2)CCCC1N. The van der Waals surface area contributed by atoms with Crippen LogP contribution in [-0.2, 0) is 5.41 Å². The lowest BCUT2D eigenvalue weighted by Crippen LogP contribution is -2.38. The number of hydrogen-bond donors (Lipinski definition) is 1. The van der Waals surface area contributed by atoms with E-state index >= 15 is 0 Å². The van der Waals surface area contributed by atoms with Crippen LogP contribution in [0.4, 0.5) is 4.39 Å². The van der Waals surface area contributed by atoms with Crippen LogP contribution in [0.25, 0.3) is 11.4 Å². The molecule has 2 unspecified atom stereocenters. The molecule has 0 radical (unpaired) electrons. The maximum atomic E-state index is 13.7. The first-order valence-corrected chi connectivity index (χ1v) is 6.46. The summed E-state index contributed by atoms with van der Waals surface area (Å²) in [5.74, 6) is 0.444. The molecule has 1 aliphatic rings.